The number of aromatic nitrogens is 2. The van der Waals surface area contributed by atoms with Crippen LogP contribution in [0.4, 0.5) is 5.69 Å². The summed E-state index contributed by atoms with van der Waals surface area (Å²) in [5, 5.41) is 4.22. The van der Waals surface area contributed by atoms with E-state index in [1.165, 1.54) is 0 Å². The van der Waals surface area contributed by atoms with Gasteiger partial charge in [-0.05, 0) is 13.3 Å². The van der Waals surface area contributed by atoms with Crippen LogP contribution in [0, 0.1) is 0 Å². The molecular weight excluding hydrogens is 258 g/mol. The van der Waals surface area contributed by atoms with Gasteiger partial charge in [-0.25, -0.2) is 0 Å². The fraction of sp³-hybridized carbons (Fsp3) is 0.615. The van der Waals surface area contributed by atoms with Crippen LogP contribution in [0.15, 0.2) is 6.20 Å². The summed E-state index contributed by atoms with van der Waals surface area (Å²) in [5.74, 6) is 0.0746. The Morgan fingerprint density at radius 2 is 2.30 bits per heavy atom. The number of nitrogen functional groups attached to an aromatic ring is 1. The lowest BCUT2D eigenvalue weighted by Crippen LogP contribution is -2.53. The van der Waals surface area contributed by atoms with Gasteiger partial charge in [-0.2, -0.15) is 5.10 Å². The maximum absolute atomic E-state index is 12.5. The van der Waals surface area contributed by atoms with E-state index < -0.39 is 0 Å². The smallest absolute Gasteiger partial charge is 0.276 e. The molecule has 2 aliphatic rings. The summed E-state index contributed by atoms with van der Waals surface area (Å²) < 4.78 is 1.66. The number of nitrogens with zero attached hydrogens (tertiary/aromatic N) is 4. The van der Waals surface area contributed by atoms with Gasteiger partial charge in [-0.15, -0.1) is 0 Å². The molecule has 3 rings (SSSR count). The van der Waals surface area contributed by atoms with Crippen LogP contribution in [0.25, 0.3) is 0 Å². The van der Waals surface area contributed by atoms with Gasteiger partial charge in [0.15, 0.2) is 5.69 Å². The van der Waals surface area contributed by atoms with E-state index in [4.69, 9.17) is 5.73 Å². The second-order valence-corrected chi connectivity index (χ2v) is 5.32. The SMILES string of the molecule is CCn1cc(N)c(C(=O)N2CCN3C(=O)CCC3C2)n1. The lowest BCUT2D eigenvalue weighted by atomic mass is 10.1. The molecule has 2 aliphatic heterocycles. The highest BCUT2D eigenvalue weighted by atomic mass is 16.2. The molecule has 1 aromatic rings. The van der Waals surface area contributed by atoms with Gasteiger partial charge in [-0.3, -0.25) is 14.3 Å². The molecule has 108 valence electrons. The number of rotatable bonds is 2. The predicted molar refractivity (Wildman–Crippen MR) is 73.0 cm³/mol. The minimum absolute atomic E-state index is 0.131. The number of hydrogen-bond donors (Lipinski definition) is 1. The second-order valence-electron chi connectivity index (χ2n) is 5.32. The third-order valence-corrected chi connectivity index (χ3v) is 4.10. The molecule has 2 amide bonds. The number of amides is 2. The average Bonchev–Trinajstić information content (AvgIpc) is 3.01. The quantitative estimate of drug-likeness (QED) is 0.820. The molecule has 0 aliphatic carbocycles. The summed E-state index contributed by atoms with van der Waals surface area (Å²) in [4.78, 5) is 27.8. The first kappa shape index (κ1) is 13.0. The van der Waals surface area contributed by atoms with Crippen molar-refractivity contribution in [2.45, 2.75) is 32.4 Å². The highest BCUT2D eigenvalue weighted by Crippen LogP contribution is 2.24. The number of carbonyl (C=O) groups excluding carboxylic acids is 2. The predicted octanol–water partition coefficient (Wildman–Crippen LogP) is -0.0680. The zero-order valence-electron chi connectivity index (χ0n) is 11.6. The van der Waals surface area contributed by atoms with Crippen molar-refractivity contribution < 1.29 is 9.59 Å². The molecule has 2 N–H and O–H groups in total. The van der Waals surface area contributed by atoms with Gasteiger partial charge >= 0.3 is 0 Å². The summed E-state index contributed by atoms with van der Waals surface area (Å²) in [6, 6.07) is 0.162. The minimum atomic E-state index is -0.131. The number of carbonyl (C=O) groups is 2. The third-order valence-electron chi connectivity index (χ3n) is 4.10. The Morgan fingerprint density at radius 1 is 1.50 bits per heavy atom. The Morgan fingerprint density at radius 3 is 3.00 bits per heavy atom. The molecule has 7 heteroatoms. The fourth-order valence-corrected chi connectivity index (χ4v) is 2.96. The lowest BCUT2D eigenvalue weighted by molar-refractivity contribution is -0.130. The monoisotopic (exact) mass is 277 g/mol. The van der Waals surface area contributed by atoms with Crippen molar-refractivity contribution in [3.05, 3.63) is 11.9 Å². The molecular formula is C13H19N5O2. The lowest BCUT2D eigenvalue weighted by Gasteiger charge is -2.37. The van der Waals surface area contributed by atoms with Crippen LogP contribution in [0.1, 0.15) is 30.3 Å². The van der Waals surface area contributed by atoms with E-state index in [-0.39, 0.29) is 17.9 Å². The first-order chi connectivity index (χ1) is 9.60. The summed E-state index contributed by atoms with van der Waals surface area (Å²) in [6.07, 6.45) is 3.11. The van der Waals surface area contributed by atoms with Crippen LogP contribution in [-0.2, 0) is 11.3 Å². The molecule has 0 saturated carbocycles. The average molecular weight is 277 g/mol. The van der Waals surface area contributed by atoms with Crippen LogP contribution < -0.4 is 5.73 Å². The summed E-state index contributed by atoms with van der Waals surface area (Å²) in [7, 11) is 0. The molecule has 1 atom stereocenters. The number of piperazine rings is 1. The zero-order valence-corrected chi connectivity index (χ0v) is 11.6. The highest BCUT2D eigenvalue weighted by molar-refractivity contribution is 5.97. The molecule has 2 fully saturated rings. The second kappa shape index (κ2) is 4.81. The highest BCUT2D eigenvalue weighted by Gasteiger charge is 2.37. The van der Waals surface area contributed by atoms with Gasteiger partial charge in [-0.1, -0.05) is 0 Å². The molecule has 1 aromatic heterocycles. The number of hydrogen-bond acceptors (Lipinski definition) is 4. The molecule has 0 aromatic carbocycles. The molecule has 2 saturated heterocycles. The molecule has 20 heavy (non-hydrogen) atoms. The third kappa shape index (κ3) is 2.03. The van der Waals surface area contributed by atoms with Crippen molar-refractivity contribution in [2.75, 3.05) is 25.4 Å². The molecule has 0 spiro atoms. The van der Waals surface area contributed by atoms with E-state index in [0.717, 1.165) is 6.42 Å². The Balaban J connectivity index is 1.75. The van der Waals surface area contributed by atoms with E-state index in [1.54, 1.807) is 15.8 Å². The number of nitrogens with two attached hydrogens (primary N) is 1. The molecule has 0 bridgehead atoms. The van der Waals surface area contributed by atoms with Gasteiger partial charge in [0, 0.05) is 44.8 Å². The first-order valence-electron chi connectivity index (χ1n) is 7.01. The van der Waals surface area contributed by atoms with E-state index in [1.807, 2.05) is 11.8 Å². The van der Waals surface area contributed by atoms with Gasteiger partial charge in [0.05, 0.1) is 5.69 Å². The maximum Gasteiger partial charge on any atom is 0.276 e. The minimum Gasteiger partial charge on any atom is -0.396 e. The molecule has 1 unspecified atom stereocenters. The van der Waals surface area contributed by atoms with Gasteiger partial charge < -0.3 is 15.5 Å². The first-order valence-corrected chi connectivity index (χ1v) is 7.01. The van der Waals surface area contributed by atoms with E-state index in [0.29, 0.717) is 44.0 Å². The molecule has 7 nitrogen and oxygen atoms in total. The normalized spacial score (nSPS) is 22.2. The Bertz CT molecular complexity index is 553. The van der Waals surface area contributed by atoms with Crippen molar-refractivity contribution in [2.24, 2.45) is 0 Å². The maximum atomic E-state index is 12.5. The van der Waals surface area contributed by atoms with Gasteiger partial charge in [0.2, 0.25) is 5.91 Å². The Labute approximate surface area is 117 Å². The standard InChI is InChI=1S/C13H19N5O2/c1-2-17-8-10(14)12(15-17)13(20)16-5-6-18-9(7-16)3-4-11(18)19/h8-9H,2-7,14H2,1H3. The van der Waals surface area contributed by atoms with E-state index in [9.17, 15) is 9.59 Å². The van der Waals surface area contributed by atoms with Crippen molar-refractivity contribution in [1.82, 2.24) is 19.6 Å². The fourth-order valence-electron chi connectivity index (χ4n) is 2.96. The zero-order chi connectivity index (χ0) is 14.3. The van der Waals surface area contributed by atoms with Gasteiger partial charge in [0.1, 0.15) is 0 Å². The summed E-state index contributed by atoms with van der Waals surface area (Å²) in [5.41, 5.74) is 6.60. The van der Waals surface area contributed by atoms with Crippen LogP contribution in [0.5, 0.6) is 0 Å². The van der Waals surface area contributed by atoms with Crippen molar-refractivity contribution in [1.29, 1.82) is 0 Å². The number of fused-ring (bicyclic) bond motifs is 1. The molecule has 0 radical (unpaired) electrons. The number of anilines is 1. The van der Waals surface area contributed by atoms with Crippen LogP contribution in [0.3, 0.4) is 0 Å². The van der Waals surface area contributed by atoms with Crippen LogP contribution in [-0.4, -0.2) is 57.1 Å². The van der Waals surface area contributed by atoms with Crippen LogP contribution in [0.2, 0.25) is 0 Å². The van der Waals surface area contributed by atoms with Crippen LogP contribution >= 0.6 is 0 Å². The van der Waals surface area contributed by atoms with Crippen molar-refractivity contribution in [3.8, 4) is 0 Å². The van der Waals surface area contributed by atoms with Crippen molar-refractivity contribution >= 4 is 17.5 Å². The Kier molecular flexibility index (Phi) is 3.11. The van der Waals surface area contributed by atoms with Crippen molar-refractivity contribution in [3.63, 3.8) is 0 Å². The summed E-state index contributed by atoms with van der Waals surface area (Å²) in [6.45, 7) is 4.39. The number of aryl methyl sites for hydroxylation is 1. The van der Waals surface area contributed by atoms with E-state index >= 15 is 0 Å². The largest absolute Gasteiger partial charge is 0.396 e. The molecule has 3 heterocycles. The summed E-state index contributed by atoms with van der Waals surface area (Å²) >= 11 is 0. The Hall–Kier alpha value is -2.05. The van der Waals surface area contributed by atoms with E-state index in [2.05, 4.69) is 5.10 Å². The topological polar surface area (TPSA) is 84.5 Å². The van der Waals surface area contributed by atoms with Gasteiger partial charge in [0.25, 0.3) is 5.91 Å².